The molecule has 10 heteroatoms. The van der Waals surface area contributed by atoms with Crippen molar-refractivity contribution in [3.63, 3.8) is 0 Å². The molecular formula is C17H19N7OS2. The van der Waals surface area contributed by atoms with Gasteiger partial charge in [-0.1, -0.05) is 24.6 Å². The van der Waals surface area contributed by atoms with E-state index in [4.69, 9.17) is 0 Å². The lowest BCUT2D eigenvalue weighted by atomic mass is 10.2. The Morgan fingerprint density at radius 1 is 1.30 bits per heavy atom. The van der Waals surface area contributed by atoms with Crippen molar-refractivity contribution < 1.29 is 4.79 Å². The summed E-state index contributed by atoms with van der Waals surface area (Å²) < 4.78 is 1.87. The lowest BCUT2D eigenvalue weighted by molar-refractivity contribution is -0.118. The maximum absolute atomic E-state index is 12.2. The van der Waals surface area contributed by atoms with Gasteiger partial charge in [0.2, 0.25) is 11.1 Å². The second-order valence-electron chi connectivity index (χ2n) is 6.27. The van der Waals surface area contributed by atoms with E-state index in [0.717, 1.165) is 29.1 Å². The minimum absolute atomic E-state index is 0.0540. The molecule has 0 spiro atoms. The third-order valence-electron chi connectivity index (χ3n) is 4.43. The van der Waals surface area contributed by atoms with Gasteiger partial charge in [0.25, 0.3) is 0 Å². The third kappa shape index (κ3) is 4.51. The molecule has 3 aromatic rings. The summed E-state index contributed by atoms with van der Waals surface area (Å²) in [7, 11) is 0. The van der Waals surface area contributed by atoms with E-state index in [1.54, 1.807) is 12.4 Å². The molecule has 1 aliphatic rings. The van der Waals surface area contributed by atoms with E-state index in [2.05, 4.69) is 30.8 Å². The van der Waals surface area contributed by atoms with E-state index < -0.39 is 0 Å². The molecule has 1 amide bonds. The fourth-order valence-electron chi connectivity index (χ4n) is 3.06. The van der Waals surface area contributed by atoms with Crippen molar-refractivity contribution in [3.8, 4) is 11.3 Å². The molecule has 1 aliphatic carbocycles. The Kier molecular flexibility index (Phi) is 5.73. The lowest BCUT2D eigenvalue weighted by Gasteiger charge is -2.10. The van der Waals surface area contributed by atoms with Gasteiger partial charge in [0.1, 0.15) is 5.01 Å². The van der Waals surface area contributed by atoms with Crippen LogP contribution in [-0.2, 0) is 11.3 Å². The third-order valence-corrected chi connectivity index (χ3v) is 6.21. The summed E-state index contributed by atoms with van der Waals surface area (Å²) in [6, 6.07) is 4.21. The van der Waals surface area contributed by atoms with Crippen molar-refractivity contribution in [1.29, 1.82) is 0 Å². The Balaban J connectivity index is 1.27. The molecule has 1 fully saturated rings. The Hall–Kier alpha value is -2.33. The van der Waals surface area contributed by atoms with Gasteiger partial charge in [-0.25, -0.2) is 9.67 Å². The number of carbonyl (C=O) groups excluding carboxylic acids is 1. The molecule has 0 aromatic carbocycles. The van der Waals surface area contributed by atoms with E-state index in [9.17, 15) is 4.79 Å². The van der Waals surface area contributed by atoms with Crippen LogP contribution in [0.5, 0.6) is 0 Å². The van der Waals surface area contributed by atoms with Crippen molar-refractivity contribution in [1.82, 2.24) is 35.5 Å². The molecule has 3 heterocycles. The summed E-state index contributed by atoms with van der Waals surface area (Å²) in [6.45, 7) is 0.419. The molecule has 0 atom stereocenters. The first kappa shape index (κ1) is 18.1. The molecule has 3 aromatic heterocycles. The number of rotatable bonds is 7. The molecule has 140 valence electrons. The number of tetrazole rings is 1. The maximum atomic E-state index is 12.2. The topological polar surface area (TPSA) is 98.5 Å². The molecular weight excluding hydrogens is 382 g/mol. The van der Waals surface area contributed by atoms with E-state index in [1.807, 2.05) is 22.2 Å². The normalized spacial score (nSPS) is 14.5. The first-order valence-corrected chi connectivity index (χ1v) is 10.7. The van der Waals surface area contributed by atoms with Gasteiger partial charge in [0.15, 0.2) is 0 Å². The molecule has 8 nitrogen and oxygen atoms in total. The van der Waals surface area contributed by atoms with Crippen LogP contribution in [-0.4, -0.2) is 41.8 Å². The van der Waals surface area contributed by atoms with E-state index in [-0.39, 0.29) is 11.7 Å². The van der Waals surface area contributed by atoms with E-state index in [1.165, 1.54) is 35.9 Å². The lowest BCUT2D eigenvalue weighted by Crippen LogP contribution is -2.24. The van der Waals surface area contributed by atoms with Crippen LogP contribution in [0.1, 0.15) is 36.7 Å². The largest absolute Gasteiger partial charge is 0.349 e. The van der Waals surface area contributed by atoms with Crippen LogP contribution in [0.3, 0.4) is 0 Å². The molecule has 0 bridgehead atoms. The molecule has 0 aliphatic heterocycles. The summed E-state index contributed by atoms with van der Waals surface area (Å²) in [5, 5.41) is 18.4. The predicted molar refractivity (Wildman–Crippen MR) is 103 cm³/mol. The minimum atomic E-state index is -0.0540. The first-order valence-electron chi connectivity index (χ1n) is 8.82. The van der Waals surface area contributed by atoms with Gasteiger partial charge in [0.05, 0.1) is 24.0 Å². The van der Waals surface area contributed by atoms with Gasteiger partial charge >= 0.3 is 0 Å². The molecule has 0 saturated heterocycles. The Bertz CT molecular complexity index is 890. The average molecular weight is 402 g/mol. The SMILES string of the molecule is O=C(CSc1nnnn1C1CCCC1)NCc1nc(-c2ccncc2)cs1. The molecule has 1 saturated carbocycles. The van der Waals surface area contributed by atoms with Crippen molar-refractivity contribution in [2.75, 3.05) is 5.75 Å². The number of hydrogen-bond acceptors (Lipinski definition) is 8. The molecule has 0 unspecified atom stereocenters. The Morgan fingerprint density at radius 3 is 2.93 bits per heavy atom. The van der Waals surface area contributed by atoms with Crippen molar-refractivity contribution in [3.05, 3.63) is 34.9 Å². The van der Waals surface area contributed by atoms with Crippen LogP contribution < -0.4 is 5.32 Å². The highest BCUT2D eigenvalue weighted by atomic mass is 32.2. The zero-order chi connectivity index (χ0) is 18.5. The number of nitrogens with one attached hydrogen (secondary N) is 1. The number of thiazole rings is 1. The molecule has 4 rings (SSSR count). The smallest absolute Gasteiger partial charge is 0.230 e. The predicted octanol–water partition coefficient (Wildman–Crippen LogP) is 2.72. The van der Waals surface area contributed by atoms with E-state index >= 15 is 0 Å². The summed E-state index contributed by atoms with van der Waals surface area (Å²) in [5.74, 6) is 0.233. The highest BCUT2D eigenvalue weighted by Crippen LogP contribution is 2.31. The standard InChI is InChI=1S/C17H19N7OS2/c25-15(11-27-17-21-22-23-24(17)13-3-1-2-4-13)19-9-16-20-14(10-26-16)12-5-7-18-8-6-12/h5-8,10,13H,1-4,9,11H2,(H,19,25). The second-order valence-corrected chi connectivity index (χ2v) is 8.16. The van der Waals surface area contributed by atoms with Crippen molar-refractivity contribution in [2.24, 2.45) is 0 Å². The van der Waals surface area contributed by atoms with Gasteiger partial charge in [0, 0.05) is 23.3 Å². The van der Waals surface area contributed by atoms with Crippen molar-refractivity contribution in [2.45, 2.75) is 43.4 Å². The van der Waals surface area contributed by atoms with Gasteiger partial charge in [-0.05, 0) is 35.4 Å². The summed E-state index contributed by atoms with van der Waals surface area (Å²) >= 11 is 2.91. The van der Waals surface area contributed by atoms with Crippen molar-refractivity contribution >= 4 is 29.0 Å². The van der Waals surface area contributed by atoms with Gasteiger partial charge in [-0.3, -0.25) is 9.78 Å². The summed E-state index contributed by atoms with van der Waals surface area (Å²) in [6.07, 6.45) is 8.12. The minimum Gasteiger partial charge on any atom is -0.349 e. The number of carbonyl (C=O) groups is 1. The number of hydrogen-bond donors (Lipinski definition) is 1. The van der Waals surface area contributed by atoms with Gasteiger partial charge in [-0.2, -0.15) is 0 Å². The number of pyridine rings is 1. The zero-order valence-electron chi connectivity index (χ0n) is 14.6. The van der Waals surface area contributed by atoms with E-state index in [0.29, 0.717) is 17.7 Å². The summed E-state index contributed by atoms with van der Waals surface area (Å²) in [5.41, 5.74) is 1.92. The fourth-order valence-corrected chi connectivity index (χ4v) is 4.58. The van der Waals surface area contributed by atoms with Crippen LogP contribution in [0.15, 0.2) is 35.1 Å². The number of thioether (sulfide) groups is 1. The zero-order valence-corrected chi connectivity index (χ0v) is 16.2. The Morgan fingerprint density at radius 2 is 2.11 bits per heavy atom. The average Bonchev–Trinajstić information content (AvgIpc) is 3.46. The first-order chi connectivity index (χ1) is 13.3. The Labute approximate surface area is 164 Å². The molecule has 0 radical (unpaired) electrons. The number of aromatic nitrogens is 6. The fraction of sp³-hybridized carbons (Fsp3) is 0.412. The number of nitrogens with zero attached hydrogens (tertiary/aromatic N) is 6. The van der Waals surface area contributed by atoms with Gasteiger partial charge < -0.3 is 5.32 Å². The number of amides is 1. The molecule has 1 N–H and O–H groups in total. The van der Waals surface area contributed by atoms with Crippen LogP contribution in [0.2, 0.25) is 0 Å². The summed E-state index contributed by atoms with van der Waals surface area (Å²) in [4.78, 5) is 20.8. The highest BCUT2D eigenvalue weighted by Gasteiger charge is 2.22. The van der Waals surface area contributed by atoms with Crippen LogP contribution in [0.25, 0.3) is 11.3 Å². The van der Waals surface area contributed by atoms with Crippen LogP contribution >= 0.6 is 23.1 Å². The van der Waals surface area contributed by atoms with Gasteiger partial charge in [-0.15, -0.1) is 16.4 Å². The van der Waals surface area contributed by atoms with Crippen LogP contribution in [0, 0.1) is 0 Å². The molecule has 27 heavy (non-hydrogen) atoms. The highest BCUT2D eigenvalue weighted by molar-refractivity contribution is 7.99. The quantitative estimate of drug-likeness (QED) is 0.608. The maximum Gasteiger partial charge on any atom is 0.230 e. The monoisotopic (exact) mass is 401 g/mol. The van der Waals surface area contributed by atoms with Crippen LogP contribution in [0.4, 0.5) is 0 Å². The second kappa shape index (κ2) is 8.57.